The molecule has 35 heavy (non-hydrogen) atoms. The molecule has 0 saturated carbocycles. The van der Waals surface area contributed by atoms with Crippen molar-refractivity contribution in [1.29, 1.82) is 0 Å². The number of anilines is 2. The van der Waals surface area contributed by atoms with E-state index < -0.39 is 0 Å². The van der Waals surface area contributed by atoms with Crippen LogP contribution in [-0.4, -0.2) is 35.2 Å². The van der Waals surface area contributed by atoms with Crippen molar-refractivity contribution in [2.24, 2.45) is 43.3 Å². The van der Waals surface area contributed by atoms with Gasteiger partial charge in [-0.15, -0.1) is 10.2 Å². The van der Waals surface area contributed by atoms with E-state index in [2.05, 4.69) is 31.0 Å². The number of benzene rings is 2. The number of hydrogen-bond donors (Lipinski definition) is 6. The lowest BCUT2D eigenvalue weighted by molar-refractivity contribution is -0.117. The number of rotatable bonds is 10. The predicted octanol–water partition coefficient (Wildman–Crippen LogP) is 1.43. The Morgan fingerprint density at radius 3 is 1.46 bits per heavy atom. The summed E-state index contributed by atoms with van der Waals surface area (Å²) >= 11 is 0. The zero-order chi connectivity index (χ0) is 25.8. The quantitative estimate of drug-likeness (QED) is 0.169. The molecule has 0 atom stereocenters. The number of nitrogens with one attached hydrogen (secondary N) is 2. The van der Waals surface area contributed by atoms with E-state index >= 15 is 0 Å². The number of guanidine groups is 2. The third kappa shape index (κ3) is 9.74. The van der Waals surface area contributed by atoms with Crippen LogP contribution in [0, 0.1) is 0 Å². The first-order valence-electron chi connectivity index (χ1n) is 10.7. The van der Waals surface area contributed by atoms with Crippen LogP contribution in [0.4, 0.5) is 11.4 Å². The standard InChI is InChI=1S/C23H30N10O2/c1-14(30-32-22(24)25)16-6-3-8-18(12-16)28-20(34)10-5-11-21(35)29-19-9-4-7-17(13-19)15(2)31-33-23(26)27/h3-4,6-9,12-13H,5,10-11H2,1-2H3,(H,28,34)(H,29,35)(H4,24,25,32)(H4,26,27,33). The number of hydrogen-bond acceptors (Lipinski definition) is 6. The summed E-state index contributed by atoms with van der Waals surface area (Å²) in [4.78, 5) is 24.6. The van der Waals surface area contributed by atoms with Gasteiger partial charge in [-0.3, -0.25) is 9.59 Å². The summed E-state index contributed by atoms with van der Waals surface area (Å²) in [6, 6.07) is 14.2. The lowest BCUT2D eigenvalue weighted by atomic mass is 10.1. The van der Waals surface area contributed by atoms with Crippen LogP contribution in [0.1, 0.15) is 44.2 Å². The number of carbonyl (C=O) groups excluding carboxylic acids is 2. The summed E-state index contributed by atoms with van der Waals surface area (Å²) in [5, 5.41) is 20.7. The minimum absolute atomic E-state index is 0.141. The zero-order valence-corrected chi connectivity index (χ0v) is 19.7. The molecule has 12 heteroatoms. The highest BCUT2D eigenvalue weighted by Gasteiger charge is 2.08. The Hall–Kier alpha value is -4.74. The fourth-order valence-corrected chi connectivity index (χ4v) is 2.88. The van der Waals surface area contributed by atoms with Crippen molar-refractivity contribution < 1.29 is 9.59 Å². The first-order valence-corrected chi connectivity index (χ1v) is 10.7. The van der Waals surface area contributed by atoms with Crippen LogP contribution in [0.5, 0.6) is 0 Å². The third-order valence-electron chi connectivity index (χ3n) is 4.57. The van der Waals surface area contributed by atoms with Crippen LogP contribution in [-0.2, 0) is 9.59 Å². The van der Waals surface area contributed by atoms with Gasteiger partial charge in [-0.2, -0.15) is 10.2 Å². The van der Waals surface area contributed by atoms with Gasteiger partial charge in [0, 0.05) is 24.2 Å². The molecule has 0 spiro atoms. The van der Waals surface area contributed by atoms with E-state index in [1.54, 1.807) is 50.2 Å². The molecule has 10 N–H and O–H groups in total. The van der Waals surface area contributed by atoms with Gasteiger partial charge in [0.1, 0.15) is 0 Å². The minimum atomic E-state index is -0.206. The van der Waals surface area contributed by atoms with E-state index in [-0.39, 0.29) is 36.6 Å². The normalized spacial score (nSPS) is 11.4. The molecule has 2 amide bonds. The third-order valence-corrected chi connectivity index (χ3v) is 4.57. The molecule has 0 fully saturated rings. The molecule has 2 rings (SSSR count). The van der Waals surface area contributed by atoms with Crippen LogP contribution in [0.2, 0.25) is 0 Å². The molecule has 184 valence electrons. The molecule has 0 saturated heterocycles. The van der Waals surface area contributed by atoms with Crippen molar-refractivity contribution in [2.75, 3.05) is 10.6 Å². The van der Waals surface area contributed by atoms with Gasteiger partial charge in [-0.1, -0.05) is 24.3 Å². The predicted molar refractivity (Wildman–Crippen MR) is 140 cm³/mol. The molecule has 0 aliphatic rings. The summed E-state index contributed by atoms with van der Waals surface area (Å²) in [5.74, 6) is -0.695. The Labute approximate surface area is 203 Å². The lowest BCUT2D eigenvalue weighted by Gasteiger charge is -2.08. The molecule has 0 aromatic heterocycles. The maximum Gasteiger partial charge on any atom is 0.224 e. The van der Waals surface area contributed by atoms with Gasteiger partial charge in [-0.05, 0) is 55.7 Å². The molecule has 12 nitrogen and oxygen atoms in total. The molecule has 0 aliphatic carbocycles. The van der Waals surface area contributed by atoms with Gasteiger partial charge in [0.2, 0.25) is 23.7 Å². The van der Waals surface area contributed by atoms with Crippen molar-refractivity contribution in [3.63, 3.8) is 0 Å². The first-order chi connectivity index (χ1) is 16.6. The lowest BCUT2D eigenvalue weighted by Crippen LogP contribution is -2.22. The summed E-state index contributed by atoms with van der Waals surface area (Å²) < 4.78 is 0. The van der Waals surface area contributed by atoms with Crippen molar-refractivity contribution in [1.82, 2.24) is 0 Å². The van der Waals surface area contributed by atoms with Gasteiger partial charge in [0.25, 0.3) is 0 Å². The van der Waals surface area contributed by atoms with Crippen LogP contribution < -0.4 is 33.6 Å². The molecule has 0 bridgehead atoms. The number of amides is 2. The molecule has 0 radical (unpaired) electrons. The molecule has 0 aliphatic heterocycles. The molecule has 2 aromatic rings. The SMILES string of the molecule is CC(=NN=C(N)N)c1cccc(NC(=O)CCCC(=O)Nc2cccc(C(C)=NN=C(N)N)c2)c1. The maximum atomic E-state index is 12.3. The topological polar surface area (TPSA) is 212 Å². The van der Waals surface area contributed by atoms with Gasteiger partial charge < -0.3 is 33.6 Å². The molecule has 2 aromatic carbocycles. The molecular weight excluding hydrogens is 448 g/mol. The number of carbonyl (C=O) groups is 2. The van der Waals surface area contributed by atoms with E-state index in [0.29, 0.717) is 29.2 Å². The summed E-state index contributed by atoms with van der Waals surface area (Å²) in [7, 11) is 0. The summed E-state index contributed by atoms with van der Waals surface area (Å²) in [6.45, 7) is 3.50. The Balaban J connectivity index is 1.86. The van der Waals surface area contributed by atoms with E-state index in [4.69, 9.17) is 22.9 Å². The van der Waals surface area contributed by atoms with Crippen LogP contribution in [0.3, 0.4) is 0 Å². The largest absolute Gasteiger partial charge is 0.369 e. The van der Waals surface area contributed by atoms with Crippen LogP contribution in [0.25, 0.3) is 0 Å². The van der Waals surface area contributed by atoms with Gasteiger partial charge in [0.05, 0.1) is 11.4 Å². The number of nitrogens with two attached hydrogens (primary N) is 4. The highest BCUT2D eigenvalue weighted by Crippen LogP contribution is 2.14. The second-order valence-corrected chi connectivity index (χ2v) is 7.53. The minimum Gasteiger partial charge on any atom is -0.369 e. The van der Waals surface area contributed by atoms with Gasteiger partial charge >= 0.3 is 0 Å². The van der Waals surface area contributed by atoms with E-state index in [1.807, 2.05) is 12.1 Å². The van der Waals surface area contributed by atoms with Gasteiger partial charge in [-0.25, -0.2) is 0 Å². The highest BCUT2D eigenvalue weighted by molar-refractivity contribution is 6.01. The Morgan fingerprint density at radius 1 is 0.686 bits per heavy atom. The van der Waals surface area contributed by atoms with Crippen molar-refractivity contribution in [2.45, 2.75) is 33.1 Å². The fourth-order valence-electron chi connectivity index (χ4n) is 2.88. The summed E-state index contributed by atoms with van der Waals surface area (Å²) in [6.07, 6.45) is 0.749. The summed E-state index contributed by atoms with van der Waals surface area (Å²) in [5.41, 5.74) is 25.0. The second-order valence-electron chi connectivity index (χ2n) is 7.53. The zero-order valence-electron chi connectivity index (χ0n) is 19.7. The van der Waals surface area contributed by atoms with Gasteiger partial charge in [0.15, 0.2) is 0 Å². The highest BCUT2D eigenvalue weighted by atomic mass is 16.2. The van der Waals surface area contributed by atoms with E-state index in [0.717, 1.165) is 11.1 Å². The second kappa shape index (κ2) is 13.1. The smallest absolute Gasteiger partial charge is 0.224 e. The van der Waals surface area contributed by atoms with Crippen LogP contribution in [0.15, 0.2) is 68.9 Å². The van der Waals surface area contributed by atoms with Crippen molar-refractivity contribution in [3.05, 3.63) is 59.7 Å². The monoisotopic (exact) mass is 478 g/mol. The Bertz CT molecular complexity index is 1080. The molecular formula is C23H30N10O2. The number of nitrogens with zero attached hydrogens (tertiary/aromatic N) is 4. The van der Waals surface area contributed by atoms with Crippen LogP contribution >= 0.6 is 0 Å². The van der Waals surface area contributed by atoms with Crippen molar-refractivity contribution in [3.8, 4) is 0 Å². The van der Waals surface area contributed by atoms with E-state index in [1.165, 1.54) is 0 Å². The average Bonchev–Trinajstić information content (AvgIpc) is 2.81. The van der Waals surface area contributed by atoms with Crippen molar-refractivity contribution >= 4 is 46.5 Å². The first kappa shape index (κ1) is 26.5. The Morgan fingerprint density at radius 2 is 1.09 bits per heavy atom. The molecule has 0 unspecified atom stereocenters. The fraction of sp³-hybridized carbons (Fsp3) is 0.217. The average molecular weight is 479 g/mol. The van der Waals surface area contributed by atoms with E-state index in [9.17, 15) is 9.59 Å². The Kier molecular flexibility index (Phi) is 9.91. The maximum absolute atomic E-state index is 12.3. The molecule has 0 heterocycles.